The monoisotopic (exact) mass is 217 g/mol. The van der Waals surface area contributed by atoms with Crippen LogP contribution in [0.4, 0.5) is 0 Å². The van der Waals surface area contributed by atoms with Crippen molar-refractivity contribution in [3.8, 4) is 0 Å². The summed E-state index contributed by atoms with van der Waals surface area (Å²) >= 11 is 0. The Morgan fingerprint density at radius 1 is 1.50 bits per heavy atom. The Morgan fingerprint density at radius 2 is 2.25 bits per heavy atom. The van der Waals surface area contributed by atoms with E-state index < -0.39 is 0 Å². The van der Waals surface area contributed by atoms with Crippen LogP contribution in [0, 0.1) is 6.92 Å². The SMILES string of the molecule is Cc1cccc2cc(/C(N)=N/O)c(=O)[nH]c12. The van der Waals surface area contributed by atoms with E-state index in [2.05, 4.69) is 10.1 Å². The minimum Gasteiger partial charge on any atom is -0.409 e. The molecule has 82 valence electrons. The van der Waals surface area contributed by atoms with E-state index in [1.807, 2.05) is 25.1 Å². The van der Waals surface area contributed by atoms with Crippen molar-refractivity contribution in [2.75, 3.05) is 0 Å². The zero-order valence-corrected chi connectivity index (χ0v) is 8.69. The van der Waals surface area contributed by atoms with Crippen molar-refractivity contribution in [3.63, 3.8) is 0 Å². The van der Waals surface area contributed by atoms with Gasteiger partial charge < -0.3 is 15.9 Å². The average Bonchev–Trinajstić information content (AvgIpc) is 2.29. The summed E-state index contributed by atoms with van der Waals surface area (Å²) in [4.78, 5) is 14.4. The highest BCUT2D eigenvalue weighted by Crippen LogP contribution is 2.14. The molecule has 0 bridgehead atoms. The molecule has 1 aromatic carbocycles. The molecule has 0 fully saturated rings. The number of fused-ring (bicyclic) bond motifs is 1. The topological polar surface area (TPSA) is 91.5 Å². The van der Waals surface area contributed by atoms with E-state index in [1.165, 1.54) is 0 Å². The standard InChI is InChI=1S/C11H11N3O2/c1-6-3-2-4-7-5-8(10(12)14-16)11(15)13-9(6)7/h2-5,16H,1H3,(H2,12,14)(H,13,15). The lowest BCUT2D eigenvalue weighted by molar-refractivity contribution is 0.318. The van der Waals surface area contributed by atoms with E-state index in [1.54, 1.807) is 6.07 Å². The van der Waals surface area contributed by atoms with Gasteiger partial charge in [-0.05, 0) is 23.9 Å². The summed E-state index contributed by atoms with van der Waals surface area (Å²) in [6.07, 6.45) is 0. The van der Waals surface area contributed by atoms with Gasteiger partial charge in [0.05, 0.1) is 11.1 Å². The van der Waals surface area contributed by atoms with Gasteiger partial charge in [0.25, 0.3) is 5.56 Å². The van der Waals surface area contributed by atoms with Crippen LogP contribution in [0.3, 0.4) is 0 Å². The molecule has 4 N–H and O–H groups in total. The number of nitrogens with one attached hydrogen (secondary N) is 1. The first-order chi connectivity index (χ1) is 7.63. The molecule has 2 aromatic rings. The lowest BCUT2D eigenvalue weighted by atomic mass is 10.1. The van der Waals surface area contributed by atoms with Gasteiger partial charge >= 0.3 is 0 Å². The Kier molecular flexibility index (Phi) is 2.36. The van der Waals surface area contributed by atoms with E-state index in [0.29, 0.717) is 0 Å². The van der Waals surface area contributed by atoms with E-state index >= 15 is 0 Å². The second-order valence-electron chi connectivity index (χ2n) is 3.54. The van der Waals surface area contributed by atoms with Crippen LogP contribution >= 0.6 is 0 Å². The summed E-state index contributed by atoms with van der Waals surface area (Å²) in [5.74, 6) is -0.190. The van der Waals surface area contributed by atoms with Crippen molar-refractivity contribution in [2.24, 2.45) is 10.9 Å². The van der Waals surface area contributed by atoms with Crippen LogP contribution in [0.2, 0.25) is 0 Å². The Hall–Kier alpha value is -2.30. The summed E-state index contributed by atoms with van der Waals surface area (Å²) in [5.41, 5.74) is 6.95. The van der Waals surface area contributed by atoms with Crippen LogP contribution in [-0.2, 0) is 0 Å². The first kappa shape index (κ1) is 10.2. The molecule has 0 radical (unpaired) electrons. The third-order valence-corrected chi connectivity index (χ3v) is 2.47. The van der Waals surface area contributed by atoms with Gasteiger partial charge in [-0.15, -0.1) is 0 Å². The number of aromatic amines is 1. The molecule has 0 amide bonds. The van der Waals surface area contributed by atoms with E-state index in [4.69, 9.17) is 10.9 Å². The number of hydrogen-bond acceptors (Lipinski definition) is 3. The molecule has 16 heavy (non-hydrogen) atoms. The molecule has 0 aliphatic rings. The normalized spacial score (nSPS) is 11.9. The number of benzene rings is 1. The highest BCUT2D eigenvalue weighted by atomic mass is 16.4. The van der Waals surface area contributed by atoms with Crippen molar-refractivity contribution >= 4 is 16.7 Å². The molecular formula is C11H11N3O2. The summed E-state index contributed by atoms with van der Waals surface area (Å²) in [6, 6.07) is 7.25. The maximum atomic E-state index is 11.7. The van der Waals surface area contributed by atoms with Crippen molar-refractivity contribution in [2.45, 2.75) is 6.92 Å². The van der Waals surface area contributed by atoms with Crippen LogP contribution in [0.5, 0.6) is 0 Å². The summed E-state index contributed by atoms with van der Waals surface area (Å²) in [5, 5.41) is 12.2. The van der Waals surface area contributed by atoms with Crippen LogP contribution in [-0.4, -0.2) is 16.0 Å². The average molecular weight is 217 g/mol. The zero-order chi connectivity index (χ0) is 11.7. The van der Waals surface area contributed by atoms with Gasteiger partial charge in [0.1, 0.15) is 0 Å². The summed E-state index contributed by atoms with van der Waals surface area (Å²) in [7, 11) is 0. The van der Waals surface area contributed by atoms with Gasteiger partial charge in [-0.1, -0.05) is 23.4 Å². The Morgan fingerprint density at radius 3 is 2.94 bits per heavy atom. The maximum Gasteiger partial charge on any atom is 0.259 e. The van der Waals surface area contributed by atoms with E-state index in [-0.39, 0.29) is 17.0 Å². The Balaban J connectivity index is 2.83. The molecule has 0 aliphatic heterocycles. The van der Waals surface area contributed by atoms with Gasteiger partial charge in [-0.3, -0.25) is 4.79 Å². The number of pyridine rings is 1. The van der Waals surface area contributed by atoms with Gasteiger partial charge in [-0.2, -0.15) is 0 Å². The number of H-pyrrole nitrogens is 1. The summed E-state index contributed by atoms with van der Waals surface area (Å²) in [6.45, 7) is 1.90. The zero-order valence-electron chi connectivity index (χ0n) is 8.69. The number of hydrogen-bond donors (Lipinski definition) is 3. The molecule has 0 unspecified atom stereocenters. The molecule has 0 aliphatic carbocycles. The van der Waals surface area contributed by atoms with E-state index in [0.717, 1.165) is 16.5 Å². The predicted molar refractivity (Wildman–Crippen MR) is 61.8 cm³/mol. The predicted octanol–water partition coefficient (Wildman–Crippen LogP) is 0.931. The molecule has 0 atom stereocenters. The Bertz CT molecular complexity index is 629. The number of aryl methyl sites for hydroxylation is 1. The number of nitrogens with two attached hydrogens (primary N) is 1. The van der Waals surface area contributed by atoms with Gasteiger partial charge in [-0.25, -0.2) is 0 Å². The number of aromatic nitrogens is 1. The smallest absolute Gasteiger partial charge is 0.259 e. The molecule has 0 saturated carbocycles. The highest BCUT2D eigenvalue weighted by Gasteiger charge is 2.07. The number of rotatable bonds is 1. The van der Waals surface area contributed by atoms with Crippen molar-refractivity contribution in [3.05, 3.63) is 45.7 Å². The fourth-order valence-electron chi connectivity index (χ4n) is 1.63. The first-order valence-electron chi connectivity index (χ1n) is 4.74. The second-order valence-corrected chi connectivity index (χ2v) is 3.54. The molecule has 2 rings (SSSR count). The van der Waals surface area contributed by atoms with Crippen molar-refractivity contribution in [1.82, 2.24) is 4.98 Å². The van der Waals surface area contributed by atoms with Crippen LogP contribution in [0.25, 0.3) is 10.9 Å². The quantitative estimate of drug-likeness (QED) is 0.287. The van der Waals surface area contributed by atoms with Gasteiger partial charge in [0.2, 0.25) is 0 Å². The lowest BCUT2D eigenvalue weighted by Crippen LogP contribution is -2.24. The van der Waals surface area contributed by atoms with Crippen molar-refractivity contribution < 1.29 is 5.21 Å². The molecular weight excluding hydrogens is 206 g/mol. The van der Waals surface area contributed by atoms with Crippen LogP contribution in [0.1, 0.15) is 11.1 Å². The maximum absolute atomic E-state index is 11.7. The van der Waals surface area contributed by atoms with Crippen LogP contribution < -0.4 is 11.3 Å². The minimum absolute atomic E-state index is 0.167. The molecule has 0 spiro atoms. The summed E-state index contributed by atoms with van der Waals surface area (Å²) < 4.78 is 0. The largest absolute Gasteiger partial charge is 0.409 e. The molecule has 5 nitrogen and oxygen atoms in total. The molecule has 1 heterocycles. The number of amidine groups is 1. The van der Waals surface area contributed by atoms with Gasteiger partial charge in [0, 0.05) is 0 Å². The third-order valence-electron chi connectivity index (χ3n) is 2.47. The van der Waals surface area contributed by atoms with Crippen LogP contribution in [0.15, 0.2) is 34.2 Å². The number of oxime groups is 1. The highest BCUT2D eigenvalue weighted by molar-refractivity contribution is 5.99. The number of para-hydroxylation sites is 1. The van der Waals surface area contributed by atoms with Crippen molar-refractivity contribution in [1.29, 1.82) is 0 Å². The fraction of sp³-hybridized carbons (Fsp3) is 0.0909. The molecule has 5 heteroatoms. The lowest BCUT2D eigenvalue weighted by Gasteiger charge is -2.03. The van der Waals surface area contributed by atoms with E-state index in [9.17, 15) is 4.79 Å². The fourth-order valence-corrected chi connectivity index (χ4v) is 1.63. The third kappa shape index (κ3) is 1.52. The minimum atomic E-state index is -0.364. The Labute approximate surface area is 91.2 Å². The molecule has 1 aromatic heterocycles. The first-order valence-corrected chi connectivity index (χ1v) is 4.74. The molecule has 0 saturated heterocycles. The number of nitrogens with zero attached hydrogens (tertiary/aromatic N) is 1. The van der Waals surface area contributed by atoms with Gasteiger partial charge in [0.15, 0.2) is 5.84 Å². The second kappa shape index (κ2) is 3.69.